The van der Waals surface area contributed by atoms with Gasteiger partial charge in [-0.05, 0) is 37.8 Å². The summed E-state index contributed by atoms with van der Waals surface area (Å²) >= 11 is 0. The minimum Gasteiger partial charge on any atom is -0.384 e. The van der Waals surface area contributed by atoms with E-state index in [0.717, 1.165) is 31.8 Å². The topological polar surface area (TPSA) is 38.5 Å². The second kappa shape index (κ2) is 6.35. The van der Waals surface area contributed by atoms with Crippen LogP contribution in [0.3, 0.4) is 0 Å². The molecule has 1 saturated heterocycles. The number of ether oxygens (including phenoxy) is 1. The number of piperidine rings is 1. The second-order valence-corrected chi connectivity index (χ2v) is 5.37. The van der Waals surface area contributed by atoms with E-state index in [4.69, 9.17) is 10.5 Å². The molecule has 0 saturated carbocycles. The van der Waals surface area contributed by atoms with Crippen molar-refractivity contribution in [1.82, 2.24) is 0 Å². The first-order valence-electron chi connectivity index (χ1n) is 6.91. The molecule has 1 fully saturated rings. The molecule has 19 heavy (non-hydrogen) atoms. The van der Waals surface area contributed by atoms with Gasteiger partial charge in [0, 0.05) is 37.5 Å². The molecule has 106 valence electrons. The summed E-state index contributed by atoms with van der Waals surface area (Å²) in [5, 5.41) is 0. The second-order valence-electron chi connectivity index (χ2n) is 5.37. The van der Waals surface area contributed by atoms with Crippen LogP contribution in [0.2, 0.25) is 0 Å². The predicted molar refractivity (Wildman–Crippen MR) is 75.8 cm³/mol. The summed E-state index contributed by atoms with van der Waals surface area (Å²) in [4.78, 5) is 2.24. The van der Waals surface area contributed by atoms with Crippen LogP contribution in [0.25, 0.3) is 0 Å². The lowest BCUT2D eigenvalue weighted by Crippen LogP contribution is -2.38. The maximum absolute atomic E-state index is 14.0. The summed E-state index contributed by atoms with van der Waals surface area (Å²) in [7, 11) is 1.73. The van der Waals surface area contributed by atoms with Crippen molar-refractivity contribution in [3.05, 3.63) is 29.6 Å². The van der Waals surface area contributed by atoms with Crippen molar-refractivity contribution in [2.75, 3.05) is 31.7 Å². The Labute approximate surface area is 114 Å². The smallest absolute Gasteiger partial charge is 0.130 e. The molecule has 2 rings (SSSR count). The van der Waals surface area contributed by atoms with Crippen LogP contribution in [-0.4, -0.2) is 26.8 Å². The summed E-state index contributed by atoms with van der Waals surface area (Å²) in [6, 6.07) is 4.92. The first-order chi connectivity index (χ1) is 9.13. The summed E-state index contributed by atoms with van der Waals surface area (Å²) in [6.45, 7) is 4.47. The third kappa shape index (κ3) is 3.25. The van der Waals surface area contributed by atoms with Crippen LogP contribution in [0, 0.1) is 11.7 Å². The number of anilines is 1. The Hall–Kier alpha value is -1.13. The van der Waals surface area contributed by atoms with Crippen molar-refractivity contribution in [1.29, 1.82) is 0 Å². The predicted octanol–water partition coefficient (Wildman–Crippen LogP) is 2.71. The van der Waals surface area contributed by atoms with E-state index in [0.29, 0.717) is 11.5 Å². The van der Waals surface area contributed by atoms with Crippen molar-refractivity contribution in [2.45, 2.75) is 25.8 Å². The van der Waals surface area contributed by atoms with E-state index in [-0.39, 0.29) is 11.9 Å². The Kier molecular flexibility index (Phi) is 4.77. The fourth-order valence-corrected chi connectivity index (χ4v) is 2.91. The number of methoxy groups -OCH3 is 1. The molecule has 1 unspecified atom stereocenters. The fourth-order valence-electron chi connectivity index (χ4n) is 2.91. The minimum absolute atomic E-state index is 0.207. The maximum Gasteiger partial charge on any atom is 0.130 e. The summed E-state index contributed by atoms with van der Waals surface area (Å²) in [6.07, 6.45) is 2.29. The number of nitrogens with zero attached hydrogens (tertiary/aromatic N) is 1. The first-order valence-corrected chi connectivity index (χ1v) is 6.91. The molecule has 0 radical (unpaired) electrons. The molecule has 0 aromatic heterocycles. The quantitative estimate of drug-likeness (QED) is 0.910. The van der Waals surface area contributed by atoms with Gasteiger partial charge in [-0.3, -0.25) is 0 Å². The molecule has 2 N–H and O–H groups in total. The van der Waals surface area contributed by atoms with Gasteiger partial charge in [0.05, 0.1) is 6.61 Å². The highest BCUT2D eigenvalue weighted by molar-refractivity contribution is 5.55. The molecule has 2 atom stereocenters. The zero-order chi connectivity index (χ0) is 13.8. The number of hydrogen-bond acceptors (Lipinski definition) is 3. The van der Waals surface area contributed by atoms with E-state index in [1.807, 2.05) is 13.0 Å². The normalized spacial score (nSPS) is 21.5. The van der Waals surface area contributed by atoms with E-state index in [9.17, 15) is 4.39 Å². The Bertz CT molecular complexity index is 421. The molecule has 0 amide bonds. The van der Waals surface area contributed by atoms with Gasteiger partial charge in [-0.2, -0.15) is 0 Å². The molecule has 0 spiro atoms. The lowest BCUT2D eigenvalue weighted by atomic mass is 9.96. The van der Waals surface area contributed by atoms with E-state index in [2.05, 4.69) is 4.90 Å². The summed E-state index contributed by atoms with van der Waals surface area (Å²) in [5.74, 6) is 0.310. The Morgan fingerprint density at radius 1 is 1.53 bits per heavy atom. The van der Waals surface area contributed by atoms with E-state index >= 15 is 0 Å². The molecule has 4 heteroatoms. The lowest BCUT2D eigenvalue weighted by molar-refractivity contribution is 0.143. The van der Waals surface area contributed by atoms with Crippen LogP contribution in [0.5, 0.6) is 0 Å². The molecule has 1 aromatic rings. The van der Waals surface area contributed by atoms with Crippen LogP contribution in [0.4, 0.5) is 10.1 Å². The highest BCUT2D eigenvalue weighted by atomic mass is 19.1. The van der Waals surface area contributed by atoms with Gasteiger partial charge < -0.3 is 15.4 Å². The zero-order valence-corrected chi connectivity index (χ0v) is 11.7. The van der Waals surface area contributed by atoms with Crippen molar-refractivity contribution in [3.8, 4) is 0 Å². The molecule has 3 nitrogen and oxygen atoms in total. The van der Waals surface area contributed by atoms with Crippen molar-refractivity contribution in [3.63, 3.8) is 0 Å². The number of halogens is 1. The van der Waals surface area contributed by atoms with Gasteiger partial charge in [0.25, 0.3) is 0 Å². The molecule has 1 aromatic carbocycles. The molecule has 1 aliphatic rings. The van der Waals surface area contributed by atoms with E-state index in [1.165, 1.54) is 12.5 Å². The van der Waals surface area contributed by atoms with E-state index < -0.39 is 0 Å². The molecular formula is C15H23FN2O. The number of nitrogens with two attached hydrogens (primary N) is 1. The summed E-state index contributed by atoms with van der Waals surface area (Å²) < 4.78 is 19.2. The summed E-state index contributed by atoms with van der Waals surface area (Å²) in [5.41, 5.74) is 7.49. The van der Waals surface area contributed by atoms with Gasteiger partial charge in [0.1, 0.15) is 5.82 Å². The third-order valence-corrected chi connectivity index (χ3v) is 3.75. The van der Waals surface area contributed by atoms with Crippen LogP contribution in [0.15, 0.2) is 18.2 Å². The molecule has 1 heterocycles. The Morgan fingerprint density at radius 3 is 3.00 bits per heavy atom. The first kappa shape index (κ1) is 14.3. The van der Waals surface area contributed by atoms with Crippen molar-refractivity contribution in [2.24, 2.45) is 11.7 Å². The van der Waals surface area contributed by atoms with E-state index in [1.54, 1.807) is 13.2 Å². The maximum atomic E-state index is 14.0. The van der Waals surface area contributed by atoms with Crippen LogP contribution >= 0.6 is 0 Å². The largest absolute Gasteiger partial charge is 0.384 e. The van der Waals surface area contributed by atoms with Gasteiger partial charge in [-0.25, -0.2) is 4.39 Å². The average Bonchev–Trinajstić information content (AvgIpc) is 2.38. The molecular weight excluding hydrogens is 243 g/mol. The van der Waals surface area contributed by atoms with Crippen molar-refractivity contribution < 1.29 is 9.13 Å². The highest BCUT2D eigenvalue weighted by Gasteiger charge is 2.23. The van der Waals surface area contributed by atoms with Gasteiger partial charge >= 0.3 is 0 Å². The fraction of sp³-hybridized carbons (Fsp3) is 0.600. The Balaban J connectivity index is 2.23. The standard InChI is InChI=1S/C15H23FN2O/c1-11(17)15-13(16)6-3-7-14(15)18-8-4-5-12(9-18)10-19-2/h3,6-7,11-12H,4-5,8-10,17H2,1-2H3/t11-,12?/m1/s1. The van der Waals surface area contributed by atoms with Gasteiger partial charge in [0.15, 0.2) is 0 Å². The monoisotopic (exact) mass is 266 g/mol. The zero-order valence-electron chi connectivity index (χ0n) is 11.7. The average molecular weight is 266 g/mol. The SMILES string of the molecule is COCC1CCCN(c2cccc(F)c2[C@@H](C)N)C1. The van der Waals surface area contributed by atoms with Crippen LogP contribution in [-0.2, 0) is 4.74 Å². The van der Waals surface area contributed by atoms with Gasteiger partial charge in [-0.15, -0.1) is 0 Å². The number of benzene rings is 1. The molecule has 0 aliphatic carbocycles. The minimum atomic E-state index is -0.293. The number of rotatable bonds is 4. The highest BCUT2D eigenvalue weighted by Crippen LogP contribution is 2.31. The van der Waals surface area contributed by atoms with Crippen molar-refractivity contribution >= 4 is 5.69 Å². The number of hydrogen-bond donors (Lipinski definition) is 1. The van der Waals surface area contributed by atoms with Crippen LogP contribution < -0.4 is 10.6 Å². The molecule has 1 aliphatic heterocycles. The molecule has 0 bridgehead atoms. The van der Waals surface area contributed by atoms with Crippen LogP contribution in [0.1, 0.15) is 31.4 Å². The van der Waals surface area contributed by atoms with Gasteiger partial charge in [-0.1, -0.05) is 6.07 Å². The van der Waals surface area contributed by atoms with Gasteiger partial charge in [0.2, 0.25) is 0 Å². The lowest BCUT2D eigenvalue weighted by Gasteiger charge is -2.35. The Morgan fingerprint density at radius 2 is 2.32 bits per heavy atom. The third-order valence-electron chi connectivity index (χ3n) is 3.75.